The van der Waals surface area contributed by atoms with Crippen LogP contribution in [0.4, 0.5) is 0 Å². The number of rotatable bonds is 14. The largest absolute Gasteiger partial charge is 0.516 e. The van der Waals surface area contributed by atoms with E-state index in [1.54, 1.807) is 30.3 Å². The highest BCUT2D eigenvalue weighted by molar-refractivity contribution is 5.37. The third-order valence-electron chi connectivity index (χ3n) is 5.75. The molecule has 5 aromatic rings. The molecular formula is C36H34O8. The van der Waals surface area contributed by atoms with Crippen LogP contribution >= 0.6 is 0 Å². The minimum absolute atomic E-state index is 0.0218. The summed E-state index contributed by atoms with van der Waals surface area (Å²) >= 11 is 0. The molecule has 0 saturated carbocycles. The summed E-state index contributed by atoms with van der Waals surface area (Å²) in [5, 5.41) is 17.7. The highest BCUT2D eigenvalue weighted by atomic mass is 16.7. The fourth-order valence-electron chi connectivity index (χ4n) is 3.71. The Kier molecular flexibility index (Phi) is 12.4. The number of hydrogen-bond acceptors (Lipinski definition) is 8. The molecule has 5 aromatic carbocycles. The molecule has 1 unspecified atom stereocenters. The van der Waals surface area contributed by atoms with E-state index in [2.05, 4.69) is 6.58 Å². The molecule has 2 N–H and O–H groups in total. The average molecular weight is 595 g/mol. The van der Waals surface area contributed by atoms with Crippen LogP contribution < -0.4 is 28.4 Å². The zero-order valence-electron chi connectivity index (χ0n) is 24.0. The Balaban J connectivity index is 0.00000141. The summed E-state index contributed by atoms with van der Waals surface area (Å²) in [6.07, 6.45) is -0.0722. The van der Waals surface area contributed by atoms with Crippen LogP contribution in [0.15, 0.2) is 146 Å². The van der Waals surface area contributed by atoms with E-state index in [-0.39, 0.29) is 20.0 Å². The van der Waals surface area contributed by atoms with Crippen molar-refractivity contribution in [3.8, 4) is 46.0 Å². The lowest BCUT2D eigenvalue weighted by molar-refractivity contribution is 0.0623. The quantitative estimate of drug-likeness (QED) is 0.0981. The summed E-state index contributed by atoms with van der Waals surface area (Å²) in [7, 11) is 0. The molecule has 0 aromatic heterocycles. The maximum absolute atomic E-state index is 10.3. The predicted octanol–water partition coefficient (Wildman–Crippen LogP) is 8.19. The summed E-state index contributed by atoms with van der Waals surface area (Å²) in [5.74, 6) is 5.36. The van der Waals surface area contributed by atoms with Gasteiger partial charge in [-0.1, -0.05) is 49.0 Å². The monoisotopic (exact) mass is 594 g/mol. The molecule has 0 saturated heterocycles. The second-order valence-electron chi connectivity index (χ2n) is 9.11. The van der Waals surface area contributed by atoms with Gasteiger partial charge in [0.15, 0.2) is 0 Å². The molecule has 226 valence electrons. The normalized spacial score (nSPS) is 10.8. The Morgan fingerprint density at radius 3 is 1.32 bits per heavy atom. The SMILES string of the molecule is C=CO.OC(COc1ccc(Oc2ccccc2)cc1)COc1cccc(OCOc2ccc(Oc3ccccc3)cc2)c1. The van der Waals surface area contributed by atoms with Crippen molar-refractivity contribution in [3.05, 3.63) is 146 Å². The first-order valence-corrected chi connectivity index (χ1v) is 13.8. The lowest BCUT2D eigenvalue weighted by Crippen LogP contribution is -2.25. The van der Waals surface area contributed by atoms with E-state index in [9.17, 15) is 5.11 Å². The van der Waals surface area contributed by atoms with E-state index < -0.39 is 6.10 Å². The molecule has 1 atom stereocenters. The van der Waals surface area contributed by atoms with Crippen molar-refractivity contribution < 1.29 is 38.6 Å². The second-order valence-corrected chi connectivity index (χ2v) is 9.11. The molecule has 8 nitrogen and oxygen atoms in total. The third-order valence-corrected chi connectivity index (χ3v) is 5.75. The van der Waals surface area contributed by atoms with E-state index >= 15 is 0 Å². The van der Waals surface area contributed by atoms with Gasteiger partial charge in [-0.05, 0) is 84.9 Å². The van der Waals surface area contributed by atoms with Crippen molar-refractivity contribution in [1.82, 2.24) is 0 Å². The molecule has 0 bridgehead atoms. The van der Waals surface area contributed by atoms with Gasteiger partial charge in [-0.2, -0.15) is 0 Å². The van der Waals surface area contributed by atoms with Crippen molar-refractivity contribution >= 4 is 0 Å². The van der Waals surface area contributed by atoms with E-state index in [1.807, 2.05) is 103 Å². The Hall–Kier alpha value is -5.60. The van der Waals surface area contributed by atoms with Gasteiger partial charge in [0.1, 0.15) is 65.3 Å². The van der Waals surface area contributed by atoms with Gasteiger partial charge in [0.25, 0.3) is 0 Å². The van der Waals surface area contributed by atoms with Gasteiger partial charge in [-0.3, -0.25) is 0 Å². The van der Waals surface area contributed by atoms with Crippen molar-refractivity contribution in [2.24, 2.45) is 0 Å². The first-order chi connectivity index (χ1) is 21.6. The maximum Gasteiger partial charge on any atom is 0.230 e. The summed E-state index contributed by atoms with van der Waals surface area (Å²) in [5.41, 5.74) is 0. The molecule has 5 rings (SSSR count). The number of para-hydroxylation sites is 2. The molecular weight excluding hydrogens is 560 g/mol. The van der Waals surface area contributed by atoms with Gasteiger partial charge in [0.2, 0.25) is 6.79 Å². The lowest BCUT2D eigenvalue weighted by Gasteiger charge is -2.15. The van der Waals surface area contributed by atoms with Gasteiger partial charge in [0.05, 0.1) is 6.26 Å². The summed E-state index contributed by atoms with van der Waals surface area (Å²) in [6, 6.07) is 40.8. The van der Waals surface area contributed by atoms with Crippen molar-refractivity contribution in [3.63, 3.8) is 0 Å². The van der Waals surface area contributed by atoms with Crippen LogP contribution in [0.5, 0.6) is 46.0 Å². The van der Waals surface area contributed by atoms with Crippen molar-refractivity contribution in [1.29, 1.82) is 0 Å². The molecule has 0 radical (unpaired) electrons. The minimum Gasteiger partial charge on any atom is -0.516 e. The zero-order chi connectivity index (χ0) is 30.8. The number of aliphatic hydroxyl groups is 2. The lowest BCUT2D eigenvalue weighted by atomic mass is 10.3. The van der Waals surface area contributed by atoms with Gasteiger partial charge >= 0.3 is 0 Å². The molecule has 44 heavy (non-hydrogen) atoms. The smallest absolute Gasteiger partial charge is 0.230 e. The van der Waals surface area contributed by atoms with Crippen LogP contribution in [0.2, 0.25) is 0 Å². The number of hydrogen-bond donors (Lipinski definition) is 2. The Labute approximate surface area is 256 Å². The standard InChI is InChI=1S/C34H30O7.C2H4O/c35-26(23-36-27-14-18-31(19-15-27)40-29-8-3-1-4-9-29)24-37-33-12-7-13-34(22-33)39-25-38-28-16-20-32(21-17-28)41-30-10-5-2-6-11-30;1-2-3/h1-22,26,35H,23-25H2;2-3H,1H2. The van der Waals surface area contributed by atoms with E-state index in [4.69, 9.17) is 33.5 Å². The molecule has 0 amide bonds. The molecule has 0 aliphatic heterocycles. The number of aliphatic hydroxyl groups excluding tert-OH is 2. The number of ether oxygens (including phenoxy) is 6. The van der Waals surface area contributed by atoms with Crippen LogP contribution in [0.3, 0.4) is 0 Å². The Morgan fingerprint density at radius 1 is 0.477 bits per heavy atom. The van der Waals surface area contributed by atoms with E-state index in [0.29, 0.717) is 34.5 Å². The Bertz CT molecular complexity index is 1510. The first-order valence-electron chi connectivity index (χ1n) is 13.8. The molecule has 0 spiro atoms. The zero-order valence-corrected chi connectivity index (χ0v) is 24.0. The third kappa shape index (κ3) is 11.0. The van der Waals surface area contributed by atoms with E-state index in [0.717, 1.165) is 17.8 Å². The van der Waals surface area contributed by atoms with Crippen LogP contribution in [0.25, 0.3) is 0 Å². The van der Waals surface area contributed by atoms with E-state index in [1.165, 1.54) is 0 Å². The highest BCUT2D eigenvalue weighted by Gasteiger charge is 2.08. The fourth-order valence-corrected chi connectivity index (χ4v) is 3.71. The van der Waals surface area contributed by atoms with Gasteiger partial charge in [-0.15, -0.1) is 0 Å². The average Bonchev–Trinajstić information content (AvgIpc) is 3.06. The number of benzene rings is 5. The van der Waals surface area contributed by atoms with Crippen molar-refractivity contribution in [2.45, 2.75) is 6.10 Å². The van der Waals surface area contributed by atoms with Crippen LogP contribution in [0.1, 0.15) is 0 Å². The molecule has 0 heterocycles. The molecule has 0 aliphatic carbocycles. The van der Waals surface area contributed by atoms with Crippen LogP contribution in [-0.4, -0.2) is 36.3 Å². The summed E-state index contributed by atoms with van der Waals surface area (Å²) < 4.78 is 34.4. The first kappa shape index (κ1) is 31.3. The highest BCUT2D eigenvalue weighted by Crippen LogP contribution is 2.25. The molecule has 0 fully saturated rings. The van der Waals surface area contributed by atoms with Crippen LogP contribution in [0, 0.1) is 0 Å². The van der Waals surface area contributed by atoms with Gasteiger partial charge in [-0.25, -0.2) is 0 Å². The fraction of sp³-hybridized carbons (Fsp3) is 0.111. The van der Waals surface area contributed by atoms with Crippen LogP contribution in [-0.2, 0) is 0 Å². The molecule has 0 aliphatic rings. The molecule has 8 heteroatoms. The van der Waals surface area contributed by atoms with Gasteiger partial charge in [0, 0.05) is 6.07 Å². The van der Waals surface area contributed by atoms with Gasteiger partial charge < -0.3 is 38.6 Å². The maximum atomic E-state index is 10.3. The Morgan fingerprint density at radius 2 is 0.818 bits per heavy atom. The predicted molar refractivity (Wildman–Crippen MR) is 168 cm³/mol. The topological polar surface area (TPSA) is 95.8 Å². The summed E-state index contributed by atoms with van der Waals surface area (Å²) in [6.45, 7) is 3.08. The second kappa shape index (κ2) is 17.4. The summed E-state index contributed by atoms with van der Waals surface area (Å²) in [4.78, 5) is 0. The van der Waals surface area contributed by atoms with Crippen molar-refractivity contribution in [2.75, 3.05) is 20.0 Å². The minimum atomic E-state index is -0.822.